The van der Waals surface area contributed by atoms with E-state index < -0.39 is 0 Å². The molecule has 2 N–H and O–H groups in total. The quantitative estimate of drug-likeness (QED) is 0.725. The van der Waals surface area contributed by atoms with Crippen LogP contribution in [-0.2, 0) is 6.54 Å². The lowest BCUT2D eigenvalue weighted by molar-refractivity contribution is 0.442. The molecule has 0 saturated heterocycles. The summed E-state index contributed by atoms with van der Waals surface area (Å²) in [5.74, 6) is 1.47. The average molecular weight is 255 g/mol. The van der Waals surface area contributed by atoms with Crippen molar-refractivity contribution in [3.8, 4) is 0 Å². The van der Waals surface area contributed by atoms with E-state index in [1.165, 1.54) is 0 Å². The van der Waals surface area contributed by atoms with Gasteiger partial charge in [0.1, 0.15) is 5.76 Å². The van der Waals surface area contributed by atoms with E-state index in [4.69, 9.17) is 4.42 Å². The number of tetrazole rings is 1. The molecule has 0 spiro atoms. The van der Waals surface area contributed by atoms with Crippen molar-refractivity contribution >= 4 is 0 Å². The van der Waals surface area contributed by atoms with Crippen molar-refractivity contribution in [3.63, 3.8) is 0 Å². The van der Waals surface area contributed by atoms with Crippen molar-refractivity contribution < 1.29 is 4.42 Å². The molecule has 96 valence electrons. The van der Waals surface area contributed by atoms with Gasteiger partial charge in [-0.05, 0) is 17.7 Å². The fraction of sp³-hybridized carbons (Fsp3) is 0.154. The van der Waals surface area contributed by atoms with Crippen molar-refractivity contribution in [2.45, 2.75) is 12.6 Å². The highest BCUT2D eigenvalue weighted by Crippen LogP contribution is 2.22. The van der Waals surface area contributed by atoms with Gasteiger partial charge in [0, 0.05) is 0 Å². The predicted octanol–water partition coefficient (Wildman–Crippen LogP) is 1.67. The highest BCUT2D eigenvalue weighted by atomic mass is 16.3. The molecule has 0 amide bonds. The maximum absolute atomic E-state index is 5.49. The van der Waals surface area contributed by atoms with Gasteiger partial charge in [-0.25, -0.2) is 0 Å². The second-order valence-electron chi connectivity index (χ2n) is 4.07. The second-order valence-corrected chi connectivity index (χ2v) is 4.07. The monoisotopic (exact) mass is 255 g/mol. The molecule has 1 atom stereocenters. The summed E-state index contributed by atoms with van der Waals surface area (Å²) in [5.41, 5.74) is 1.13. The second kappa shape index (κ2) is 5.45. The van der Waals surface area contributed by atoms with Gasteiger partial charge in [-0.3, -0.25) is 5.32 Å². The van der Waals surface area contributed by atoms with Crippen LogP contribution in [0.5, 0.6) is 0 Å². The van der Waals surface area contributed by atoms with E-state index in [1.54, 1.807) is 6.26 Å². The lowest BCUT2D eigenvalue weighted by Crippen LogP contribution is -2.22. The van der Waals surface area contributed by atoms with Crippen LogP contribution in [0.4, 0.5) is 0 Å². The Kier molecular flexibility index (Phi) is 3.33. The lowest BCUT2D eigenvalue weighted by Gasteiger charge is -2.15. The first-order valence-electron chi connectivity index (χ1n) is 5.97. The van der Waals surface area contributed by atoms with E-state index >= 15 is 0 Å². The summed E-state index contributed by atoms with van der Waals surface area (Å²) in [5, 5.41) is 17.2. The number of nitrogens with one attached hydrogen (secondary N) is 2. The molecule has 1 unspecified atom stereocenters. The molecule has 0 aliphatic heterocycles. The van der Waals surface area contributed by atoms with E-state index in [-0.39, 0.29) is 6.04 Å². The van der Waals surface area contributed by atoms with Gasteiger partial charge in [0.05, 0.1) is 18.8 Å². The number of aromatic nitrogens is 4. The molecular weight excluding hydrogens is 242 g/mol. The minimum atomic E-state index is -0.0327. The molecule has 19 heavy (non-hydrogen) atoms. The van der Waals surface area contributed by atoms with Crippen molar-refractivity contribution in [1.82, 2.24) is 25.9 Å². The lowest BCUT2D eigenvalue weighted by atomic mass is 10.0. The van der Waals surface area contributed by atoms with Gasteiger partial charge < -0.3 is 4.42 Å². The Morgan fingerprint density at radius 1 is 1.16 bits per heavy atom. The summed E-state index contributed by atoms with van der Waals surface area (Å²) in [6, 6.07) is 13.9. The Labute approximate surface area is 109 Å². The van der Waals surface area contributed by atoms with Gasteiger partial charge in [-0.1, -0.05) is 35.5 Å². The fourth-order valence-electron chi connectivity index (χ4n) is 1.93. The molecule has 0 aliphatic rings. The van der Waals surface area contributed by atoms with E-state index in [2.05, 4.69) is 38.1 Å². The van der Waals surface area contributed by atoms with E-state index in [0.717, 1.165) is 11.3 Å². The number of aromatic amines is 1. The molecule has 2 heterocycles. The van der Waals surface area contributed by atoms with Crippen molar-refractivity contribution in [3.05, 3.63) is 65.9 Å². The van der Waals surface area contributed by atoms with Gasteiger partial charge in [0.2, 0.25) is 0 Å². The molecule has 0 aliphatic carbocycles. The molecule has 0 radical (unpaired) electrons. The van der Waals surface area contributed by atoms with Gasteiger partial charge in [-0.2, -0.15) is 5.21 Å². The summed E-state index contributed by atoms with van der Waals surface area (Å²) in [7, 11) is 0. The average Bonchev–Trinajstić information content (AvgIpc) is 3.13. The third-order valence-corrected chi connectivity index (χ3v) is 2.81. The molecule has 0 fully saturated rings. The maximum Gasteiger partial charge on any atom is 0.188 e. The summed E-state index contributed by atoms with van der Waals surface area (Å²) >= 11 is 0. The van der Waals surface area contributed by atoms with Crippen molar-refractivity contribution in [2.75, 3.05) is 0 Å². The molecule has 3 aromatic rings. The Morgan fingerprint density at radius 2 is 2.05 bits per heavy atom. The number of H-pyrrole nitrogens is 1. The standard InChI is InChI=1S/C13H13N5O/c1-2-5-10(6-3-1)13(11-7-4-8-19-11)14-9-12-15-17-18-16-12/h1-8,13-14H,9H2,(H,15,16,17,18). The Bertz CT molecular complexity index is 591. The van der Waals surface area contributed by atoms with Gasteiger partial charge in [-0.15, -0.1) is 10.2 Å². The van der Waals surface area contributed by atoms with Gasteiger partial charge in [0.25, 0.3) is 0 Å². The minimum Gasteiger partial charge on any atom is -0.467 e. The number of benzene rings is 1. The summed E-state index contributed by atoms with van der Waals surface area (Å²) < 4.78 is 5.49. The van der Waals surface area contributed by atoms with Crippen LogP contribution in [0.2, 0.25) is 0 Å². The molecule has 6 nitrogen and oxygen atoms in total. The topological polar surface area (TPSA) is 79.6 Å². The van der Waals surface area contributed by atoms with Crippen LogP contribution in [0, 0.1) is 0 Å². The largest absolute Gasteiger partial charge is 0.467 e. The molecule has 2 aromatic heterocycles. The van der Waals surface area contributed by atoms with E-state index in [1.807, 2.05) is 30.3 Å². The van der Waals surface area contributed by atoms with Crippen LogP contribution >= 0.6 is 0 Å². The number of nitrogens with zero attached hydrogens (tertiary/aromatic N) is 3. The normalized spacial score (nSPS) is 12.4. The highest BCUT2D eigenvalue weighted by Gasteiger charge is 2.16. The number of rotatable bonds is 5. The number of hydrogen-bond acceptors (Lipinski definition) is 5. The van der Waals surface area contributed by atoms with Crippen LogP contribution in [0.1, 0.15) is 23.2 Å². The first-order valence-corrected chi connectivity index (χ1v) is 5.97. The van der Waals surface area contributed by atoms with E-state index in [0.29, 0.717) is 12.4 Å². The van der Waals surface area contributed by atoms with Crippen LogP contribution in [-0.4, -0.2) is 20.6 Å². The molecule has 6 heteroatoms. The van der Waals surface area contributed by atoms with Gasteiger partial charge >= 0.3 is 0 Å². The SMILES string of the molecule is c1ccc(C(NCc2nn[nH]n2)c2ccco2)cc1. The zero-order chi connectivity index (χ0) is 12.9. The third kappa shape index (κ3) is 2.69. The minimum absolute atomic E-state index is 0.0327. The number of hydrogen-bond donors (Lipinski definition) is 2. The summed E-state index contributed by atoms with van der Waals surface area (Å²) in [4.78, 5) is 0. The zero-order valence-electron chi connectivity index (χ0n) is 10.2. The Balaban J connectivity index is 1.81. The van der Waals surface area contributed by atoms with Crippen LogP contribution in [0.15, 0.2) is 53.1 Å². The third-order valence-electron chi connectivity index (χ3n) is 2.81. The highest BCUT2D eigenvalue weighted by molar-refractivity contribution is 5.26. The van der Waals surface area contributed by atoms with Crippen molar-refractivity contribution in [2.24, 2.45) is 0 Å². The van der Waals surface area contributed by atoms with Crippen LogP contribution in [0.3, 0.4) is 0 Å². The summed E-state index contributed by atoms with van der Waals surface area (Å²) in [6.07, 6.45) is 1.67. The molecule has 0 bridgehead atoms. The fourth-order valence-corrected chi connectivity index (χ4v) is 1.93. The van der Waals surface area contributed by atoms with E-state index in [9.17, 15) is 0 Å². The van der Waals surface area contributed by atoms with Crippen molar-refractivity contribution in [1.29, 1.82) is 0 Å². The predicted molar refractivity (Wildman–Crippen MR) is 68.0 cm³/mol. The molecule has 0 saturated carbocycles. The van der Waals surface area contributed by atoms with Crippen LogP contribution in [0.25, 0.3) is 0 Å². The van der Waals surface area contributed by atoms with Gasteiger partial charge in [0.15, 0.2) is 5.82 Å². The van der Waals surface area contributed by atoms with Crippen LogP contribution < -0.4 is 5.32 Å². The zero-order valence-corrected chi connectivity index (χ0v) is 10.2. The smallest absolute Gasteiger partial charge is 0.188 e. The molecular formula is C13H13N5O. The first-order chi connectivity index (χ1) is 9.43. The molecule has 1 aromatic carbocycles. The summed E-state index contributed by atoms with van der Waals surface area (Å²) in [6.45, 7) is 0.511. The Hall–Kier alpha value is -2.47. The Morgan fingerprint density at radius 3 is 2.74 bits per heavy atom. The molecule has 3 rings (SSSR count). The first kappa shape index (κ1) is 11.6. The number of furan rings is 1. The maximum atomic E-state index is 5.49.